The average molecular weight is 419 g/mol. The summed E-state index contributed by atoms with van der Waals surface area (Å²) >= 11 is 0. The Morgan fingerprint density at radius 1 is 0.806 bits per heavy atom. The quantitative estimate of drug-likeness (QED) is 0.574. The lowest BCUT2D eigenvalue weighted by Crippen LogP contribution is -2.63. The Balaban J connectivity index is 1.44. The second-order valence-electron chi connectivity index (χ2n) is 8.79. The molecule has 2 nitrogen and oxygen atoms in total. The topological polar surface area (TPSA) is 15.3 Å². The van der Waals surface area contributed by atoms with Gasteiger partial charge in [-0.15, -0.1) is 0 Å². The van der Waals surface area contributed by atoms with Crippen LogP contribution in [0.5, 0.6) is 0 Å². The van der Waals surface area contributed by atoms with Crippen LogP contribution in [-0.4, -0.2) is 30.1 Å². The number of benzene rings is 3. The molecule has 3 aliphatic heterocycles. The lowest BCUT2D eigenvalue weighted by atomic mass is 9.76. The van der Waals surface area contributed by atoms with Crippen molar-refractivity contribution in [3.8, 4) is 11.1 Å². The van der Waals surface area contributed by atoms with Crippen molar-refractivity contribution in [1.82, 2.24) is 10.2 Å². The van der Waals surface area contributed by atoms with E-state index in [1.54, 1.807) is 24.3 Å². The SMILES string of the molecule is Fc1ccccc1-c1c(F)cccc1CC1C(NCc2ccccc2)C2CCN1CC2. The maximum Gasteiger partial charge on any atom is 0.131 e. The molecule has 3 aromatic carbocycles. The van der Waals surface area contributed by atoms with Gasteiger partial charge in [-0.3, -0.25) is 4.90 Å². The second kappa shape index (κ2) is 8.89. The van der Waals surface area contributed by atoms with Gasteiger partial charge in [-0.25, -0.2) is 8.78 Å². The van der Waals surface area contributed by atoms with E-state index in [-0.39, 0.29) is 17.7 Å². The maximum absolute atomic E-state index is 14.9. The minimum Gasteiger partial charge on any atom is -0.308 e. The van der Waals surface area contributed by atoms with E-state index in [4.69, 9.17) is 0 Å². The van der Waals surface area contributed by atoms with Gasteiger partial charge >= 0.3 is 0 Å². The predicted octanol–water partition coefficient (Wildman–Crippen LogP) is 5.43. The molecule has 31 heavy (non-hydrogen) atoms. The van der Waals surface area contributed by atoms with E-state index in [9.17, 15) is 8.78 Å². The highest BCUT2D eigenvalue weighted by atomic mass is 19.1. The minimum atomic E-state index is -0.377. The van der Waals surface area contributed by atoms with E-state index >= 15 is 0 Å². The molecule has 0 amide bonds. The highest BCUT2D eigenvalue weighted by Crippen LogP contribution is 2.37. The van der Waals surface area contributed by atoms with E-state index in [0.29, 0.717) is 29.5 Å². The largest absolute Gasteiger partial charge is 0.308 e. The Morgan fingerprint density at radius 2 is 1.52 bits per heavy atom. The Hall–Kier alpha value is -2.56. The molecule has 3 saturated heterocycles. The van der Waals surface area contributed by atoms with Crippen molar-refractivity contribution in [2.75, 3.05) is 13.1 Å². The fourth-order valence-corrected chi connectivity index (χ4v) is 5.47. The smallest absolute Gasteiger partial charge is 0.131 e. The van der Waals surface area contributed by atoms with E-state index in [0.717, 1.165) is 25.2 Å². The zero-order valence-corrected chi connectivity index (χ0v) is 17.6. The molecule has 0 spiro atoms. The van der Waals surface area contributed by atoms with Crippen LogP contribution in [0.4, 0.5) is 8.78 Å². The summed E-state index contributed by atoms with van der Waals surface area (Å²) < 4.78 is 29.5. The molecule has 3 aromatic rings. The zero-order valence-electron chi connectivity index (χ0n) is 17.6. The van der Waals surface area contributed by atoms with Crippen LogP contribution in [0.3, 0.4) is 0 Å². The van der Waals surface area contributed by atoms with Crippen LogP contribution in [0.2, 0.25) is 0 Å². The summed E-state index contributed by atoms with van der Waals surface area (Å²) in [5, 5.41) is 3.82. The third-order valence-corrected chi connectivity index (χ3v) is 7.02. The van der Waals surface area contributed by atoms with Gasteiger partial charge in [-0.2, -0.15) is 0 Å². The van der Waals surface area contributed by atoms with Gasteiger partial charge in [-0.05, 0) is 61.5 Å². The third kappa shape index (κ3) is 4.15. The number of nitrogens with one attached hydrogen (secondary N) is 1. The molecule has 0 radical (unpaired) electrons. The molecule has 3 aliphatic rings. The van der Waals surface area contributed by atoms with Crippen LogP contribution in [-0.2, 0) is 13.0 Å². The fourth-order valence-electron chi connectivity index (χ4n) is 5.47. The van der Waals surface area contributed by atoms with E-state index in [1.165, 1.54) is 30.5 Å². The van der Waals surface area contributed by atoms with Crippen molar-refractivity contribution >= 4 is 0 Å². The van der Waals surface area contributed by atoms with Crippen LogP contribution in [0.1, 0.15) is 24.0 Å². The van der Waals surface area contributed by atoms with Gasteiger partial charge in [0.05, 0.1) is 0 Å². The van der Waals surface area contributed by atoms with Gasteiger partial charge < -0.3 is 5.32 Å². The van der Waals surface area contributed by atoms with Gasteiger partial charge in [0, 0.05) is 29.8 Å². The zero-order chi connectivity index (χ0) is 21.2. The molecule has 4 heteroatoms. The lowest BCUT2D eigenvalue weighted by Gasteiger charge is -2.51. The third-order valence-electron chi connectivity index (χ3n) is 7.02. The molecule has 2 unspecified atom stereocenters. The summed E-state index contributed by atoms with van der Waals surface area (Å²) in [7, 11) is 0. The summed E-state index contributed by atoms with van der Waals surface area (Å²) in [6, 6.07) is 22.7. The van der Waals surface area contributed by atoms with Gasteiger partial charge in [0.25, 0.3) is 0 Å². The molecule has 3 heterocycles. The normalized spacial score (nSPS) is 25.0. The Labute approximate surface area is 182 Å². The van der Waals surface area contributed by atoms with Gasteiger partial charge in [0.2, 0.25) is 0 Å². The summed E-state index contributed by atoms with van der Waals surface area (Å²) in [4.78, 5) is 2.54. The highest BCUT2D eigenvalue weighted by Gasteiger charge is 2.42. The van der Waals surface area contributed by atoms with Crippen LogP contribution < -0.4 is 5.32 Å². The monoisotopic (exact) mass is 418 g/mol. The number of hydrogen-bond donors (Lipinski definition) is 1. The van der Waals surface area contributed by atoms with Crippen LogP contribution >= 0.6 is 0 Å². The number of nitrogens with zero attached hydrogens (tertiary/aromatic N) is 1. The van der Waals surface area contributed by atoms with Crippen molar-refractivity contribution in [1.29, 1.82) is 0 Å². The molecule has 2 bridgehead atoms. The predicted molar refractivity (Wildman–Crippen MR) is 121 cm³/mol. The highest BCUT2D eigenvalue weighted by molar-refractivity contribution is 5.68. The van der Waals surface area contributed by atoms with Crippen LogP contribution in [0, 0.1) is 17.6 Å². The number of rotatable bonds is 6. The second-order valence-corrected chi connectivity index (χ2v) is 8.79. The first-order valence-corrected chi connectivity index (χ1v) is 11.2. The number of hydrogen-bond acceptors (Lipinski definition) is 2. The number of fused-ring (bicyclic) bond motifs is 3. The summed E-state index contributed by atoms with van der Waals surface area (Å²) in [6.45, 7) is 3.00. The molecule has 0 aromatic heterocycles. The van der Waals surface area contributed by atoms with Crippen LogP contribution in [0.25, 0.3) is 11.1 Å². The van der Waals surface area contributed by atoms with Gasteiger partial charge in [0.15, 0.2) is 0 Å². The molecule has 2 atom stereocenters. The Kier molecular flexibility index (Phi) is 5.84. The Bertz CT molecular complexity index is 1030. The van der Waals surface area contributed by atoms with Crippen molar-refractivity contribution in [3.05, 3.63) is 95.6 Å². The van der Waals surface area contributed by atoms with Crippen molar-refractivity contribution < 1.29 is 8.78 Å². The molecule has 160 valence electrons. The average Bonchev–Trinajstić information content (AvgIpc) is 2.81. The van der Waals surface area contributed by atoms with Gasteiger partial charge in [0.1, 0.15) is 11.6 Å². The standard InChI is InChI=1S/C27H28F2N2/c28-23-11-5-4-10-22(23)26-21(9-6-12-24(26)29)17-25-27(20-13-15-31(25)16-14-20)30-18-19-7-2-1-3-8-19/h1-12,20,25,27,30H,13-18H2. The van der Waals surface area contributed by atoms with Crippen LogP contribution in [0.15, 0.2) is 72.8 Å². The molecule has 1 N–H and O–H groups in total. The molecule has 3 fully saturated rings. The van der Waals surface area contributed by atoms with Crippen molar-refractivity contribution in [2.24, 2.45) is 5.92 Å². The first kappa shape index (κ1) is 20.3. The molecule has 6 rings (SSSR count). The number of piperidine rings is 3. The fraction of sp³-hybridized carbons (Fsp3) is 0.333. The number of halogens is 2. The van der Waals surface area contributed by atoms with E-state index in [2.05, 4.69) is 34.5 Å². The molecule has 0 saturated carbocycles. The van der Waals surface area contributed by atoms with Gasteiger partial charge in [-0.1, -0.05) is 60.7 Å². The summed E-state index contributed by atoms with van der Waals surface area (Å²) in [5.74, 6) is -0.102. The molecule has 0 aliphatic carbocycles. The maximum atomic E-state index is 14.9. The first-order valence-electron chi connectivity index (χ1n) is 11.2. The van der Waals surface area contributed by atoms with Crippen molar-refractivity contribution in [2.45, 2.75) is 37.9 Å². The van der Waals surface area contributed by atoms with E-state index in [1.807, 2.05) is 12.1 Å². The molecular formula is C27H28F2N2. The van der Waals surface area contributed by atoms with Crippen molar-refractivity contribution in [3.63, 3.8) is 0 Å². The lowest BCUT2D eigenvalue weighted by molar-refractivity contribution is 0.0127. The Morgan fingerprint density at radius 3 is 2.29 bits per heavy atom. The molecular weight excluding hydrogens is 390 g/mol. The minimum absolute atomic E-state index is 0.281. The first-order chi connectivity index (χ1) is 15.2. The summed E-state index contributed by atoms with van der Waals surface area (Å²) in [6.07, 6.45) is 3.11. The van der Waals surface area contributed by atoms with E-state index < -0.39 is 0 Å². The summed E-state index contributed by atoms with van der Waals surface area (Å²) in [5.41, 5.74) is 2.91.